The molecule has 13 heteroatoms. The Hall–Kier alpha value is -3.45. The summed E-state index contributed by atoms with van der Waals surface area (Å²) in [5.74, 6) is 0.0648. The van der Waals surface area contributed by atoms with Gasteiger partial charge in [-0.3, -0.25) is 4.90 Å². The van der Waals surface area contributed by atoms with Gasteiger partial charge in [0.05, 0.1) is 44.5 Å². The number of aryl methyl sites for hydroxylation is 1. The maximum Gasteiger partial charge on any atom is 0.256 e. The highest BCUT2D eigenvalue weighted by molar-refractivity contribution is 5.90. The molecule has 6 rings (SSSR count). The topological polar surface area (TPSA) is 81.7 Å². The quantitative estimate of drug-likeness (QED) is 0.375. The van der Waals surface area contributed by atoms with Gasteiger partial charge in [0.15, 0.2) is 5.82 Å². The van der Waals surface area contributed by atoms with Crippen molar-refractivity contribution in [2.45, 2.75) is 38.1 Å². The number of rotatable bonds is 7. The average molecular weight is 520 g/mol. The second-order valence-corrected chi connectivity index (χ2v) is 9.37. The molecule has 2 atom stereocenters. The van der Waals surface area contributed by atoms with Gasteiger partial charge in [0.2, 0.25) is 11.8 Å². The summed E-state index contributed by atoms with van der Waals surface area (Å²) in [7, 11) is 1.44. The van der Waals surface area contributed by atoms with Gasteiger partial charge in [-0.1, -0.05) is 0 Å². The standard InChI is InChI=1S/C24H25F4N7O2/c1-12-29-21-16(25)5-13(6-19(21)34(12)9-20(27)28)15-3-4-35-22(15)23(36-2)31-24(32-35)30-18-8-33(7-17(18)26)14-10-37-11-14/h3-6,14,17-18,20H,7-11H2,1-2H3,(H,30,32)/t17-,18+/m0/s1. The molecule has 2 aliphatic heterocycles. The molecular formula is C24H25F4N7O2. The molecule has 5 heterocycles. The Morgan fingerprint density at radius 3 is 2.73 bits per heavy atom. The van der Waals surface area contributed by atoms with Crippen LogP contribution in [0, 0.1) is 12.7 Å². The van der Waals surface area contributed by atoms with E-state index in [1.807, 2.05) is 0 Å². The first-order valence-corrected chi connectivity index (χ1v) is 11.9. The summed E-state index contributed by atoms with van der Waals surface area (Å²) in [5.41, 5.74) is 1.73. The number of alkyl halides is 3. The molecule has 0 saturated carbocycles. The average Bonchev–Trinajstić information content (AvgIpc) is 3.48. The summed E-state index contributed by atoms with van der Waals surface area (Å²) >= 11 is 0. The molecule has 0 bridgehead atoms. The molecule has 2 fully saturated rings. The Kier molecular flexibility index (Phi) is 5.91. The summed E-state index contributed by atoms with van der Waals surface area (Å²) in [4.78, 5) is 10.6. The van der Waals surface area contributed by atoms with Gasteiger partial charge in [0.25, 0.3) is 6.43 Å². The van der Waals surface area contributed by atoms with Gasteiger partial charge < -0.3 is 19.4 Å². The van der Waals surface area contributed by atoms with Crippen molar-refractivity contribution in [1.82, 2.24) is 29.0 Å². The maximum absolute atomic E-state index is 15.0. The van der Waals surface area contributed by atoms with Crippen molar-refractivity contribution < 1.29 is 27.0 Å². The third kappa shape index (κ3) is 4.15. The minimum Gasteiger partial charge on any atom is -0.479 e. The SMILES string of the molecule is COc1nc(N[C@@H]2CN(C3COC3)C[C@@H]2F)nn2ccc(-c3cc(F)c4nc(C)n(CC(F)F)c4c3)c12. The minimum atomic E-state index is -2.62. The van der Waals surface area contributed by atoms with Crippen LogP contribution in [0.4, 0.5) is 23.5 Å². The highest BCUT2D eigenvalue weighted by Crippen LogP contribution is 2.35. The Morgan fingerprint density at radius 2 is 2.03 bits per heavy atom. The maximum atomic E-state index is 15.0. The van der Waals surface area contributed by atoms with Gasteiger partial charge in [-0.05, 0) is 30.7 Å². The predicted octanol–water partition coefficient (Wildman–Crippen LogP) is 3.30. The molecule has 0 radical (unpaired) electrons. The van der Waals surface area contributed by atoms with Gasteiger partial charge in [0, 0.05) is 24.8 Å². The lowest BCUT2D eigenvalue weighted by Crippen LogP contribution is -2.48. The zero-order valence-electron chi connectivity index (χ0n) is 20.2. The van der Waals surface area contributed by atoms with Crippen molar-refractivity contribution >= 4 is 22.5 Å². The van der Waals surface area contributed by atoms with E-state index in [-0.39, 0.29) is 28.9 Å². The number of methoxy groups -OCH3 is 1. The normalized spacial score (nSPS) is 20.8. The number of benzene rings is 1. The smallest absolute Gasteiger partial charge is 0.256 e. The van der Waals surface area contributed by atoms with Gasteiger partial charge in [-0.2, -0.15) is 4.98 Å². The number of halogens is 4. The summed E-state index contributed by atoms with van der Waals surface area (Å²) in [5, 5.41) is 7.55. The van der Waals surface area contributed by atoms with E-state index in [4.69, 9.17) is 9.47 Å². The Labute approximate surface area is 209 Å². The van der Waals surface area contributed by atoms with Crippen molar-refractivity contribution in [1.29, 1.82) is 0 Å². The molecule has 0 spiro atoms. The summed E-state index contributed by atoms with van der Waals surface area (Å²) in [6, 6.07) is 4.37. The van der Waals surface area contributed by atoms with E-state index in [1.165, 1.54) is 22.3 Å². The van der Waals surface area contributed by atoms with Crippen LogP contribution in [0.1, 0.15) is 5.82 Å². The summed E-state index contributed by atoms with van der Waals surface area (Å²) < 4.78 is 69.6. The van der Waals surface area contributed by atoms with E-state index in [0.717, 1.165) is 0 Å². The number of likely N-dealkylation sites (tertiary alicyclic amines) is 1. The molecule has 0 amide bonds. The van der Waals surface area contributed by atoms with Gasteiger partial charge in [-0.15, -0.1) is 5.10 Å². The van der Waals surface area contributed by atoms with E-state index < -0.39 is 31.0 Å². The molecule has 2 aliphatic rings. The molecule has 9 nitrogen and oxygen atoms in total. The van der Waals surface area contributed by atoms with Crippen molar-refractivity contribution in [2.75, 3.05) is 38.7 Å². The number of anilines is 1. The van der Waals surface area contributed by atoms with Crippen LogP contribution in [0.5, 0.6) is 5.88 Å². The molecule has 0 unspecified atom stereocenters. The Morgan fingerprint density at radius 1 is 1.22 bits per heavy atom. The molecule has 1 aromatic carbocycles. The molecule has 1 N–H and O–H groups in total. The predicted molar refractivity (Wildman–Crippen MR) is 127 cm³/mol. The van der Waals surface area contributed by atoms with Crippen LogP contribution < -0.4 is 10.1 Å². The Balaban J connectivity index is 1.35. The van der Waals surface area contributed by atoms with E-state index in [2.05, 4.69) is 25.3 Å². The van der Waals surface area contributed by atoms with Crippen molar-refractivity contribution in [3.8, 4) is 17.0 Å². The van der Waals surface area contributed by atoms with E-state index >= 15 is 4.39 Å². The first kappa shape index (κ1) is 23.9. The number of imidazole rings is 1. The largest absolute Gasteiger partial charge is 0.479 e. The first-order valence-electron chi connectivity index (χ1n) is 11.9. The van der Waals surface area contributed by atoms with Crippen LogP contribution in [0.25, 0.3) is 27.7 Å². The molecule has 37 heavy (non-hydrogen) atoms. The second kappa shape index (κ2) is 9.14. The minimum absolute atomic E-state index is 0.0277. The monoisotopic (exact) mass is 519 g/mol. The van der Waals surface area contributed by atoms with E-state index in [1.54, 1.807) is 25.3 Å². The number of fused-ring (bicyclic) bond motifs is 2. The molecule has 3 aromatic heterocycles. The third-order valence-corrected chi connectivity index (χ3v) is 7.03. The lowest BCUT2D eigenvalue weighted by molar-refractivity contribution is -0.0585. The van der Waals surface area contributed by atoms with Crippen LogP contribution in [0.3, 0.4) is 0 Å². The number of hydrogen-bond donors (Lipinski definition) is 1. The van der Waals surface area contributed by atoms with Gasteiger partial charge in [-0.25, -0.2) is 27.1 Å². The number of ether oxygens (including phenoxy) is 2. The highest BCUT2D eigenvalue weighted by Gasteiger charge is 2.39. The van der Waals surface area contributed by atoms with Crippen LogP contribution in [-0.2, 0) is 11.3 Å². The van der Waals surface area contributed by atoms with E-state index in [0.29, 0.717) is 48.8 Å². The van der Waals surface area contributed by atoms with Crippen LogP contribution in [-0.4, -0.2) is 87.1 Å². The lowest BCUT2D eigenvalue weighted by Gasteiger charge is -2.34. The van der Waals surface area contributed by atoms with Crippen molar-refractivity contribution in [3.63, 3.8) is 0 Å². The summed E-state index contributed by atoms with van der Waals surface area (Å²) in [6.07, 6.45) is -2.05. The number of nitrogens with one attached hydrogen (secondary N) is 1. The lowest BCUT2D eigenvalue weighted by atomic mass is 10.1. The fraction of sp³-hybridized carbons (Fsp3) is 0.458. The molecular weight excluding hydrogens is 494 g/mol. The summed E-state index contributed by atoms with van der Waals surface area (Å²) in [6.45, 7) is 3.00. The van der Waals surface area contributed by atoms with Crippen LogP contribution in [0.15, 0.2) is 24.4 Å². The van der Waals surface area contributed by atoms with Gasteiger partial charge in [0.1, 0.15) is 23.0 Å². The van der Waals surface area contributed by atoms with Crippen LogP contribution >= 0.6 is 0 Å². The van der Waals surface area contributed by atoms with Crippen molar-refractivity contribution in [2.24, 2.45) is 0 Å². The highest BCUT2D eigenvalue weighted by atomic mass is 19.3. The molecule has 0 aliphatic carbocycles. The first-order chi connectivity index (χ1) is 17.8. The fourth-order valence-corrected chi connectivity index (χ4v) is 5.08. The van der Waals surface area contributed by atoms with Crippen LogP contribution in [0.2, 0.25) is 0 Å². The number of hydrogen-bond acceptors (Lipinski definition) is 7. The molecule has 2 saturated heterocycles. The zero-order valence-corrected chi connectivity index (χ0v) is 20.2. The molecule has 4 aromatic rings. The number of aromatic nitrogens is 5. The fourth-order valence-electron chi connectivity index (χ4n) is 5.08. The Bertz CT molecular complexity index is 1470. The van der Waals surface area contributed by atoms with E-state index in [9.17, 15) is 13.2 Å². The van der Waals surface area contributed by atoms with Gasteiger partial charge >= 0.3 is 0 Å². The third-order valence-electron chi connectivity index (χ3n) is 7.03. The zero-order chi connectivity index (χ0) is 25.8. The second-order valence-electron chi connectivity index (χ2n) is 9.37. The number of nitrogens with zero attached hydrogens (tertiary/aromatic N) is 6. The molecule has 196 valence electrons. The van der Waals surface area contributed by atoms with Crippen molar-refractivity contribution in [3.05, 3.63) is 36.0 Å².